The first-order valence-corrected chi connectivity index (χ1v) is 4.49. The van der Waals surface area contributed by atoms with Gasteiger partial charge in [0, 0.05) is 5.38 Å². The van der Waals surface area contributed by atoms with Crippen LogP contribution in [0.1, 0.15) is 10.8 Å². The summed E-state index contributed by atoms with van der Waals surface area (Å²) < 4.78 is 4.94. The van der Waals surface area contributed by atoms with E-state index in [2.05, 4.69) is 10.1 Å². The van der Waals surface area contributed by atoms with Crippen molar-refractivity contribution in [3.8, 4) is 11.3 Å². The van der Waals surface area contributed by atoms with Crippen LogP contribution in [0.15, 0.2) is 16.1 Å². The van der Waals surface area contributed by atoms with Crippen LogP contribution in [-0.4, -0.2) is 10.1 Å². The zero-order chi connectivity index (χ0) is 8.55. The predicted molar refractivity (Wildman–Crippen MR) is 47.1 cm³/mol. The highest BCUT2D eigenvalue weighted by atomic mass is 32.1. The maximum absolute atomic E-state index is 4.94. The minimum atomic E-state index is 0.820. The molecule has 62 valence electrons. The van der Waals surface area contributed by atoms with E-state index in [-0.39, 0.29) is 0 Å². The van der Waals surface area contributed by atoms with Gasteiger partial charge in [-0.1, -0.05) is 5.16 Å². The molecule has 0 N–H and O–H groups in total. The zero-order valence-corrected chi connectivity index (χ0v) is 7.68. The second-order valence-corrected chi connectivity index (χ2v) is 3.61. The Hall–Kier alpha value is -1.16. The Labute approximate surface area is 74.0 Å². The van der Waals surface area contributed by atoms with Gasteiger partial charge >= 0.3 is 0 Å². The topological polar surface area (TPSA) is 38.9 Å². The SMILES string of the molecule is Cc1nc(-c2cnoc2C)cs1. The molecule has 0 amide bonds. The Morgan fingerprint density at radius 2 is 2.25 bits per heavy atom. The van der Waals surface area contributed by atoms with Gasteiger partial charge in [-0.25, -0.2) is 4.98 Å². The van der Waals surface area contributed by atoms with Crippen LogP contribution in [0, 0.1) is 13.8 Å². The molecule has 2 aromatic rings. The monoisotopic (exact) mass is 180 g/mol. The van der Waals surface area contributed by atoms with E-state index in [1.165, 1.54) is 0 Å². The van der Waals surface area contributed by atoms with E-state index in [0.717, 1.165) is 22.0 Å². The summed E-state index contributed by atoms with van der Waals surface area (Å²) in [5.74, 6) is 0.820. The van der Waals surface area contributed by atoms with Gasteiger partial charge in [-0.15, -0.1) is 11.3 Å². The Kier molecular flexibility index (Phi) is 1.69. The quantitative estimate of drug-likeness (QED) is 0.676. The van der Waals surface area contributed by atoms with Crippen LogP contribution in [0.25, 0.3) is 11.3 Å². The zero-order valence-electron chi connectivity index (χ0n) is 6.87. The normalized spacial score (nSPS) is 10.5. The van der Waals surface area contributed by atoms with Gasteiger partial charge in [0.05, 0.1) is 22.5 Å². The fourth-order valence-electron chi connectivity index (χ4n) is 1.03. The van der Waals surface area contributed by atoms with Gasteiger partial charge in [-0.2, -0.15) is 0 Å². The van der Waals surface area contributed by atoms with Crippen molar-refractivity contribution in [3.63, 3.8) is 0 Å². The van der Waals surface area contributed by atoms with Gasteiger partial charge in [0.2, 0.25) is 0 Å². The number of aryl methyl sites for hydroxylation is 2. The molecule has 0 bridgehead atoms. The number of aromatic nitrogens is 2. The fourth-order valence-corrected chi connectivity index (χ4v) is 1.64. The van der Waals surface area contributed by atoms with Crippen molar-refractivity contribution >= 4 is 11.3 Å². The van der Waals surface area contributed by atoms with E-state index in [1.807, 2.05) is 19.2 Å². The lowest BCUT2D eigenvalue weighted by molar-refractivity contribution is 0.398. The average molecular weight is 180 g/mol. The van der Waals surface area contributed by atoms with E-state index >= 15 is 0 Å². The first kappa shape index (κ1) is 7.49. The molecule has 0 aromatic carbocycles. The summed E-state index contributed by atoms with van der Waals surface area (Å²) in [6, 6.07) is 0. The molecule has 0 spiro atoms. The first-order valence-electron chi connectivity index (χ1n) is 3.61. The standard InChI is InChI=1S/C8H8N2OS/c1-5-7(3-9-11-5)8-4-12-6(2)10-8/h3-4H,1-2H3. The van der Waals surface area contributed by atoms with E-state index in [4.69, 9.17) is 4.52 Å². The molecule has 0 aliphatic rings. The highest BCUT2D eigenvalue weighted by Gasteiger charge is 2.08. The van der Waals surface area contributed by atoms with Gasteiger partial charge in [0.15, 0.2) is 0 Å². The molecule has 0 aliphatic carbocycles. The molecular formula is C8H8N2OS. The molecule has 2 rings (SSSR count). The lowest BCUT2D eigenvalue weighted by atomic mass is 10.2. The molecule has 0 aliphatic heterocycles. The molecule has 0 atom stereocenters. The second kappa shape index (κ2) is 2.71. The van der Waals surface area contributed by atoms with Crippen LogP contribution < -0.4 is 0 Å². The van der Waals surface area contributed by atoms with E-state index < -0.39 is 0 Å². The minimum Gasteiger partial charge on any atom is -0.361 e. The van der Waals surface area contributed by atoms with Crippen LogP contribution in [0.2, 0.25) is 0 Å². The van der Waals surface area contributed by atoms with Crippen molar-refractivity contribution in [1.29, 1.82) is 0 Å². The largest absolute Gasteiger partial charge is 0.361 e. The fraction of sp³-hybridized carbons (Fsp3) is 0.250. The predicted octanol–water partition coefficient (Wildman–Crippen LogP) is 2.41. The third-order valence-electron chi connectivity index (χ3n) is 1.65. The number of thiazole rings is 1. The summed E-state index contributed by atoms with van der Waals surface area (Å²) in [6.07, 6.45) is 1.70. The molecule has 0 radical (unpaired) electrons. The van der Waals surface area contributed by atoms with Crippen molar-refractivity contribution in [3.05, 3.63) is 22.3 Å². The molecule has 4 heteroatoms. The summed E-state index contributed by atoms with van der Waals surface area (Å²) in [7, 11) is 0. The number of rotatable bonds is 1. The van der Waals surface area contributed by atoms with Crippen LogP contribution in [-0.2, 0) is 0 Å². The van der Waals surface area contributed by atoms with Crippen LogP contribution >= 0.6 is 11.3 Å². The van der Waals surface area contributed by atoms with Crippen molar-refractivity contribution in [2.75, 3.05) is 0 Å². The van der Waals surface area contributed by atoms with Gasteiger partial charge in [-0.3, -0.25) is 0 Å². The first-order chi connectivity index (χ1) is 5.77. The maximum Gasteiger partial charge on any atom is 0.143 e. The second-order valence-electron chi connectivity index (χ2n) is 2.55. The number of hydrogen-bond acceptors (Lipinski definition) is 4. The third-order valence-corrected chi connectivity index (χ3v) is 2.42. The summed E-state index contributed by atoms with van der Waals surface area (Å²) >= 11 is 1.63. The van der Waals surface area contributed by atoms with Gasteiger partial charge < -0.3 is 4.52 Å². The third kappa shape index (κ3) is 1.14. The van der Waals surface area contributed by atoms with Gasteiger partial charge in [0.25, 0.3) is 0 Å². The molecule has 2 aromatic heterocycles. The Balaban J connectivity index is 2.50. The summed E-state index contributed by atoms with van der Waals surface area (Å²) in [5.41, 5.74) is 1.94. The molecular weight excluding hydrogens is 172 g/mol. The van der Waals surface area contributed by atoms with Crippen LogP contribution in [0.4, 0.5) is 0 Å². The minimum absolute atomic E-state index is 0.820. The van der Waals surface area contributed by atoms with Gasteiger partial charge in [-0.05, 0) is 13.8 Å². The lowest BCUT2D eigenvalue weighted by Gasteiger charge is -1.88. The van der Waals surface area contributed by atoms with Crippen molar-refractivity contribution in [2.24, 2.45) is 0 Å². The van der Waals surface area contributed by atoms with Crippen LogP contribution in [0.3, 0.4) is 0 Å². The molecule has 0 fully saturated rings. The molecule has 0 saturated heterocycles. The van der Waals surface area contributed by atoms with Crippen molar-refractivity contribution < 1.29 is 4.52 Å². The highest BCUT2D eigenvalue weighted by Crippen LogP contribution is 2.23. The van der Waals surface area contributed by atoms with E-state index in [1.54, 1.807) is 17.5 Å². The van der Waals surface area contributed by atoms with Crippen LogP contribution in [0.5, 0.6) is 0 Å². The summed E-state index contributed by atoms with van der Waals surface area (Å²) in [6.45, 7) is 3.87. The lowest BCUT2D eigenvalue weighted by Crippen LogP contribution is -1.76. The number of nitrogens with zero attached hydrogens (tertiary/aromatic N) is 2. The average Bonchev–Trinajstić information content (AvgIpc) is 2.58. The molecule has 2 heterocycles. The molecule has 0 saturated carbocycles. The molecule has 3 nitrogen and oxygen atoms in total. The Bertz CT molecular complexity index is 391. The summed E-state index contributed by atoms with van der Waals surface area (Å²) in [4.78, 5) is 4.33. The number of hydrogen-bond donors (Lipinski definition) is 0. The van der Waals surface area contributed by atoms with Crippen molar-refractivity contribution in [2.45, 2.75) is 13.8 Å². The Morgan fingerprint density at radius 1 is 1.42 bits per heavy atom. The summed E-state index contributed by atoms with van der Waals surface area (Å²) in [5, 5.41) is 6.77. The smallest absolute Gasteiger partial charge is 0.143 e. The molecule has 12 heavy (non-hydrogen) atoms. The van der Waals surface area contributed by atoms with Crippen molar-refractivity contribution in [1.82, 2.24) is 10.1 Å². The Morgan fingerprint density at radius 3 is 2.75 bits per heavy atom. The van der Waals surface area contributed by atoms with E-state index in [0.29, 0.717) is 0 Å². The highest BCUT2D eigenvalue weighted by molar-refractivity contribution is 7.09. The molecule has 0 unspecified atom stereocenters. The maximum atomic E-state index is 4.94. The van der Waals surface area contributed by atoms with E-state index in [9.17, 15) is 0 Å². The van der Waals surface area contributed by atoms with Gasteiger partial charge in [0.1, 0.15) is 5.76 Å².